The summed E-state index contributed by atoms with van der Waals surface area (Å²) >= 11 is 3.62. The lowest BCUT2D eigenvalue weighted by Gasteiger charge is -2.37. The van der Waals surface area contributed by atoms with Crippen molar-refractivity contribution in [1.29, 1.82) is 0 Å². The van der Waals surface area contributed by atoms with Gasteiger partial charge in [0, 0.05) is 37.3 Å². The van der Waals surface area contributed by atoms with Crippen LogP contribution in [0.2, 0.25) is 0 Å². The number of carbonyl (C=O) groups excluding carboxylic acids is 1. The lowest BCUT2D eigenvalue weighted by atomic mass is 10.1. The Morgan fingerprint density at radius 1 is 1.39 bits per heavy atom. The summed E-state index contributed by atoms with van der Waals surface area (Å²) in [6, 6.07) is 8.05. The van der Waals surface area contributed by atoms with Crippen LogP contribution in [0.5, 0.6) is 0 Å². The van der Waals surface area contributed by atoms with Crippen LogP contribution in [0.25, 0.3) is 0 Å². The van der Waals surface area contributed by atoms with Gasteiger partial charge in [0.1, 0.15) is 6.54 Å². The number of anilines is 2. The number of carboxylic acid groups (broad SMARTS) is 1. The number of nitrogens with zero attached hydrogens (tertiary/aromatic N) is 4. The number of carbonyl (C=O) groups is 2. The third-order valence-corrected chi connectivity index (χ3v) is 6.96. The highest BCUT2D eigenvalue weighted by Crippen LogP contribution is 2.34. The standard InChI is InChI=1S/C19H24N4O3S2/c1-14-5-6-18(27-14)28-23-10-7-15(8-11-23)21(2)19-16(4-3-9-20-19)22(13-24)12-17(25)26/h3-6,9,13,15H,7-8,10-12H2,1-2H3,(H,25,26). The molecule has 1 amide bonds. The molecular formula is C19H24N4O3S2. The largest absolute Gasteiger partial charge is 0.480 e. The number of aliphatic carboxylic acids is 1. The van der Waals surface area contributed by atoms with Gasteiger partial charge in [0.15, 0.2) is 5.82 Å². The Kier molecular flexibility index (Phi) is 6.93. The summed E-state index contributed by atoms with van der Waals surface area (Å²) < 4.78 is 3.70. The Hall–Kier alpha value is -2.10. The van der Waals surface area contributed by atoms with E-state index in [-0.39, 0.29) is 12.6 Å². The maximum atomic E-state index is 11.4. The average molecular weight is 421 g/mol. The Morgan fingerprint density at radius 3 is 2.75 bits per heavy atom. The minimum Gasteiger partial charge on any atom is -0.480 e. The highest BCUT2D eigenvalue weighted by Gasteiger charge is 2.26. The van der Waals surface area contributed by atoms with E-state index in [0.29, 0.717) is 17.9 Å². The van der Waals surface area contributed by atoms with Crippen LogP contribution in [-0.2, 0) is 9.59 Å². The van der Waals surface area contributed by atoms with Crippen molar-refractivity contribution in [3.63, 3.8) is 0 Å². The molecule has 2 aromatic rings. The third kappa shape index (κ3) is 5.03. The number of amides is 1. The third-order valence-electron chi connectivity index (χ3n) is 4.75. The van der Waals surface area contributed by atoms with Crippen LogP contribution in [0.3, 0.4) is 0 Å². The Labute approximate surface area is 173 Å². The monoisotopic (exact) mass is 420 g/mol. The Morgan fingerprint density at radius 2 is 2.14 bits per heavy atom. The maximum Gasteiger partial charge on any atom is 0.323 e. The molecule has 1 saturated heterocycles. The van der Waals surface area contributed by atoms with Gasteiger partial charge in [0.05, 0.1) is 9.90 Å². The van der Waals surface area contributed by atoms with Gasteiger partial charge < -0.3 is 14.9 Å². The molecule has 0 aliphatic carbocycles. The molecule has 9 heteroatoms. The predicted octanol–water partition coefficient (Wildman–Crippen LogP) is 3.11. The molecule has 1 N–H and O–H groups in total. The molecule has 0 unspecified atom stereocenters. The van der Waals surface area contributed by atoms with Gasteiger partial charge >= 0.3 is 5.97 Å². The van der Waals surface area contributed by atoms with Crippen molar-refractivity contribution >= 4 is 47.2 Å². The van der Waals surface area contributed by atoms with Crippen molar-refractivity contribution in [3.8, 4) is 0 Å². The topological polar surface area (TPSA) is 77.0 Å². The summed E-state index contributed by atoms with van der Waals surface area (Å²) in [5.41, 5.74) is 0.522. The normalized spacial score (nSPS) is 15.4. The lowest BCUT2D eigenvalue weighted by molar-refractivity contribution is -0.136. The van der Waals surface area contributed by atoms with Crippen molar-refractivity contribution in [2.45, 2.75) is 30.0 Å². The van der Waals surface area contributed by atoms with Gasteiger partial charge in [-0.2, -0.15) is 0 Å². The minimum atomic E-state index is -1.06. The molecular weight excluding hydrogens is 396 g/mol. The zero-order chi connectivity index (χ0) is 20.1. The van der Waals surface area contributed by atoms with Crippen molar-refractivity contribution in [3.05, 3.63) is 35.3 Å². The van der Waals surface area contributed by atoms with Crippen LogP contribution in [-0.4, -0.2) is 59.5 Å². The highest BCUT2D eigenvalue weighted by atomic mass is 32.2. The maximum absolute atomic E-state index is 11.4. The number of hydrogen-bond acceptors (Lipinski definition) is 7. The molecule has 0 atom stereocenters. The zero-order valence-corrected chi connectivity index (χ0v) is 17.6. The summed E-state index contributed by atoms with van der Waals surface area (Å²) in [6.45, 7) is 3.66. The number of aryl methyl sites for hydroxylation is 1. The molecule has 7 nitrogen and oxygen atoms in total. The van der Waals surface area contributed by atoms with E-state index in [1.54, 1.807) is 18.3 Å². The molecule has 0 aromatic carbocycles. The number of pyridine rings is 1. The van der Waals surface area contributed by atoms with Crippen LogP contribution in [0.4, 0.5) is 11.5 Å². The first kappa shape index (κ1) is 20.6. The molecule has 150 valence electrons. The van der Waals surface area contributed by atoms with E-state index in [0.717, 1.165) is 25.9 Å². The highest BCUT2D eigenvalue weighted by molar-refractivity contribution is 7.98. The van der Waals surface area contributed by atoms with Crippen LogP contribution in [0.15, 0.2) is 34.7 Å². The molecule has 0 spiro atoms. The number of piperidine rings is 1. The van der Waals surface area contributed by atoms with Gasteiger partial charge in [-0.15, -0.1) is 11.3 Å². The Bertz CT molecular complexity index is 821. The van der Waals surface area contributed by atoms with Crippen LogP contribution >= 0.6 is 23.3 Å². The second-order valence-corrected chi connectivity index (χ2v) is 9.39. The van der Waals surface area contributed by atoms with Gasteiger partial charge in [0.25, 0.3) is 0 Å². The SMILES string of the molecule is Cc1ccc(SN2CCC(N(C)c3ncccc3N(C=O)CC(=O)O)CC2)s1. The molecule has 0 bridgehead atoms. The van der Waals surface area contributed by atoms with E-state index in [1.165, 1.54) is 14.0 Å². The lowest BCUT2D eigenvalue weighted by Crippen LogP contribution is -2.42. The smallest absolute Gasteiger partial charge is 0.323 e. The fraction of sp³-hybridized carbons (Fsp3) is 0.421. The zero-order valence-electron chi connectivity index (χ0n) is 15.9. The van der Waals surface area contributed by atoms with Gasteiger partial charge in [-0.05, 0) is 56.0 Å². The number of aromatic nitrogens is 1. The van der Waals surface area contributed by atoms with Crippen LogP contribution < -0.4 is 9.80 Å². The van der Waals surface area contributed by atoms with Crippen LogP contribution in [0.1, 0.15) is 17.7 Å². The van der Waals surface area contributed by atoms with Crippen LogP contribution in [0, 0.1) is 6.92 Å². The van der Waals surface area contributed by atoms with E-state index in [1.807, 2.05) is 30.3 Å². The van der Waals surface area contributed by atoms with Gasteiger partial charge in [0.2, 0.25) is 6.41 Å². The first-order chi connectivity index (χ1) is 13.5. The van der Waals surface area contributed by atoms with Gasteiger partial charge in [-0.1, -0.05) is 0 Å². The molecule has 0 saturated carbocycles. The Balaban J connectivity index is 1.65. The van der Waals surface area contributed by atoms with E-state index in [4.69, 9.17) is 5.11 Å². The summed E-state index contributed by atoms with van der Waals surface area (Å²) in [5.74, 6) is -0.422. The first-order valence-electron chi connectivity index (χ1n) is 9.09. The average Bonchev–Trinajstić information content (AvgIpc) is 3.10. The van der Waals surface area contributed by atoms with Crippen molar-refractivity contribution in [1.82, 2.24) is 9.29 Å². The van der Waals surface area contributed by atoms with E-state index in [9.17, 15) is 9.59 Å². The van der Waals surface area contributed by atoms with Crippen molar-refractivity contribution in [2.75, 3.05) is 36.5 Å². The number of rotatable bonds is 8. The molecule has 0 radical (unpaired) electrons. The molecule has 28 heavy (non-hydrogen) atoms. The van der Waals surface area contributed by atoms with Crippen molar-refractivity contribution < 1.29 is 14.7 Å². The fourth-order valence-corrected chi connectivity index (χ4v) is 5.52. The number of thiophene rings is 1. The second kappa shape index (κ2) is 9.40. The molecule has 3 rings (SSSR count). The van der Waals surface area contributed by atoms with Gasteiger partial charge in [-0.3, -0.25) is 9.59 Å². The fourth-order valence-electron chi connectivity index (χ4n) is 3.29. The van der Waals surface area contributed by atoms with E-state index < -0.39 is 5.97 Å². The second-order valence-electron chi connectivity index (χ2n) is 6.70. The van der Waals surface area contributed by atoms with E-state index in [2.05, 4.69) is 33.2 Å². The van der Waals surface area contributed by atoms with E-state index >= 15 is 0 Å². The number of hydrogen-bond donors (Lipinski definition) is 1. The first-order valence-corrected chi connectivity index (χ1v) is 10.7. The number of carboxylic acids is 1. The molecule has 1 aliphatic rings. The summed E-state index contributed by atoms with van der Waals surface area (Å²) in [6.07, 6.45) is 4.17. The quantitative estimate of drug-likeness (QED) is 0.519. The molecule has 1 aliphatic heterocycles. The summed E-state index contributed by atoms with van der Waals surface area (Å²) in [7, 11) is 1.96. The predicted molar refractivity (Wildman–Crippen MR) is 113 cm³/mol. The summed E-state index contributed by atoms with van der Waals surface area (Å²) in [5, 5.41) is 9.06. The van der Waals surface area contributed by atoms with Crippen molar-refractivity contribution in [2.24, 2.45) is 0 Å². The molecule has 1 fully saturated rings. The summed E-state index contributed by atoms with van der Waals surface area (Å²) in [4.78, 5) is 31.5. The molecule has 2 aromatic heterocycles. The molecule has 3 heterocycles. The minimum absolute atomic E-state index is 0.286. The van der Waals surface area contributed by atoms with Gasteiger partial charge in [-0.25, -0.2) is 9.29 Å².